The van der Waals surface area contributed by atoms with Crippen molar-refractivity contribution in [3.8, 4) is 0 Å². The quantitative estimate of drug-likeness (QED) is 0.400. The van der Waals surface area contributed by atoms with Crippen molar-refractivity contribution in [1.29, 1.82) is 0 Å². The molecule has 0 aliphatic rings. The summed E-state index contributed by atoms with van der Waals surface area (Å²) in [5.74, 6) is 0.553. The van der Waals surface area contributed by atoms with E-state index in [-0.39, 0.29) is 29.8 Å². The maximum absolute atomic E-state index is 13.3. The van der Waals surface area contributed by atoms with E-state index < -0.39 is 0 Å². The SMILES string of the molecule is CCNC(=NCc1ccc(F)c(C)c1)NCc1nc(C)c(C)s1.I. The van der Waals surface area contributed by atoms with Crippen LogP contribution in [0.3, 0.4) is 0 Å². The van der Waals surface area contributed by atoms with Gasteiger partial charge in [0, 0.05) is 11.4 Å². The van der Waals surface area contributed by atoms with Gasteiger partial charge >= 0.3 is 0 Å². The molecule has 2 N–H and O–H groups in total. The number of aryl methyl sites for hydroxylation is 3. The molecule has 0 aliphatic carbocycles. The average Bonchev–Trinajstić information content (AvgIpc) is 2.84. The molecule has 1 aromatic heterocycles. The maximum atomic E-state index is 13.3. The number of nitrogens with one attached hydrogen (secondary N) is 2. The highest BCUT2D eigenvalue weighted by molar-refractivity contribution is 14.0. The van der Waals surface area contributed by atoms with Gasteiger partial charge in [-0.2, -0.15) is 0 Å². The highest BCUT2D eigenvalue weighted by Gasteiger charge is 2.05. The third-order valence-electron chi connectivity index (χ3n) is 3.47. The molecule has 0 unspecified atom stereocenters. The van der Waals surface area contributed by atoms with Crippen molar-refractivity contribution in [3.63, 3.8) is 0 Å². The van der Waals surface area contributed by atoms with Crippen LogP contribution in [0.15, 0.2) is 23.2 Å². The van der Waals surface area contributed by atoms with Gasteiger partial charge < -0.3 is 10.6 Å². The van der Waals surface area contributed by atoms with Gasteiger partial charge in [0.25, 0.3) is 0 Å². The molecular weight excluding hydrogens is 438 g/mol. The minimum absolute atomic E-state index is 0. The minimum atomic E-state index is -0.183. The number of thiazole rings is 1. The van der Waals surface area contributed by atoms with E-state index in [4.69, 9.17) is 0 Å². The molecule has 24 heavy (non-hydrogen) atoms. The molecule has 7 heteroatoms. The molecule has 0 saturated heterocycles. The highest BCUT2D eigenvalue weighted by Crippen LogP contribution is 2.16. The first kappa shape index (κ1) is 20.8. The third-order valence-corrected chi connectivity index (χ3v) is 4.54. The fraction of sp³-hybridized carbons (Fsp3) is 0.412. The molecule has 0 saturated carbocycles. The highest BCUT2D eigenvalue weighted by atomic mass is 127. The number of hydrogen-bond donors (Lipinski definition) is 2. The molecule has 1 aromatic carbocycles. The summed E-state index contributed by atoms with van der Waals surface area (Å²) in [6.45, 7) is 9.82. The molecule has 2 rings (SSSR count). The summed E-state index contributed by atoms with van der Waals surface area (Å²) in [6.07, 6.45) is 0. The Labute approximate surface area is 164 Å². The molecule has 0 spiro atoms. The Balaban J connectivity index is 0.00000288. The van der Waals surface area contributed by atoms with Crippen molar-refractivity contribution in [3.05, 3.63) is 50.7 Å². The van der Waals surface area contributed by atoms with Gasteiger partial charge in [0.05, 0.1) is 18.8 Å². The van der Waals surface area contributed by atoms with Crippen molar-refractivity contribution in [1.82, 2.24) is 15.6 Å². The monoisotopic (exact) mass is 462 g/mol. The number of halogens is 2. The zero-order chi connectivity index (χ0) is 16.8. The zero-order valence-electron chi connectivity index (χ0n) is 14.4. The molecule has 132 valence electrons. The Morgan fingerprint density at radius 1 is 1.25 bits per heavy atom. The Morgan fingerprint density at radius 2 is 2.00 bits per heavy atom. The summed E-state index contributed by atoms with van der Waals surface area (Å²) in [5, 5.41) is 7.54. The van der Waals surface area contributed by atoms with E-state index in [1.807, 2.05) is 19.9 Å². The molecule has 0 fully saturated rings. The molecule has 0 amide bonds. The number of hydrogen-bond acceptors (Lipinski definition) is 3. The van der Waals surface area contributed by atoms with Crippen LogP contribution in [0.1, 0.15) is 33.6 Å². The fourth-order valence-corrected chi connectivity index (χ4v) is 2.97. The Hall–Kier alpha value is -1.22. The molecule has 0 atom stereocenters. The number of aromatic nitrogens is 1. The first-order chi connectivity index (χ1) is 11.0. The van der Waals surface area contributed by atoms with Crippen LogP contribution in [0.4, 0.5) is 4.39 Å². The number of rotatable bonds is 5. The smallest absolute Gasteiger partial charge is 0.191 e. The van der Waals surface area contributed by atoms with Crippen LogP contribution >= 0.6 is 35.3 Å². The zero-order valence-corrected chi connectivity index (χ0v) is 17.6. The standard InChI is InChI=1S/C17H23FN4S.HI/c1-5-19-17(21-10-16-22-12(3)13(4)23-16)20-9-14-6-7-15(18)11(2)8-14;/h6-8H,5,9-10H2,1-4H3,(H2,19,20,21);1H. The first-order valence-corrected chi connectivity index (χ1v) is 8.51. The van der Waals surface area contributed by atoms with Crippen LogP contribution in [-0.2, 0) is 13.1 Å². The van der Waals surface area contributed by atoms with Crippen LogP contribution in [0, 0.1) is 26.6 Å². The second-order valence-electron chi connectivity index (χ2n) is 5.38. The number of guanidine groups is 1. The molecular formula is C17H24FIN4S. The topological polar surface area (TPSA) is 49.3 Å². The Bertz CT molecular complexity index is 680. The van der Waals surface area contributed by atoms with E-state index in [1.54, 1.807) is 24.3 Å². The van der Waals surface area contributed by atoms with Crippen molar-refractivity contribution in [2.75, 3.05) is 6.54 Å². The van der Waals surface area contributed by atoms with Gasteiger partial charge in [-0.25, -0.2) is 14.4 Å². The summed E-state index contributed by atoms with van der Waals surface area (Å²) in [7, 11) is 0. The van der Waals surface area contributed by atoms with Crippen LogP contribution < -0.4 is 10.6 Å². The van der Waals surface area contributed by atoms with E-state index in [2.05, 4.69) is 27.5 Å². The predicted octanol–water partition coefficient (Wildman–Crippen LogP) is 4.08. The van der Waals surface area contributed by atoms with E-state index in [1.165, 1.54) is 10.9 Å². The predicted molar refractivity (Wildman–Crippen MR) is 110 cm³/mol. The lowest BCUT2D eigenvalue weighted by molar-refractivity contribution is 0.617. The summed E-state index contributed by atoms with van der Waals surface area (Å²) in [4.78, 5) is 10.3. The van der Waals surface area contributed by atoms with Crippen molar-refractivity contribution in [2.45, 2.75) is 40.8 Å². The Morgan fingerprint density at radius 3 is 2.58 bits per heavy atom. The van der Waals surface area contributed by atoms with Crippen LogP contribution in [-0.4, -0.2) is 17.5 Å². The lowest BCUT2D eigenvalue weighted by Crippen LogP contribution is -2.36. The van der Waals surface area contributed by atoms with E-state index >= 15 is 0 Å². The minimum Gasteiger partial charge on any atom is -0.357 e. The molecule has 0 radical (unpaired) electrons. The molecule has 0 bridgehead atoms. The van der Waals surface area contributed by atoms with E-state index in [0.29, 0.717) is 18.7 Å². The second kappa shape index (κ2) is 9.93. The second-order valence-corrected chi connectivity index (χ2v) is 6.67. The summed E-state index contributed by atoms with van der Waals surface area (Å²) in [5.41, 5.74) is 2.71. The van der Waals surface area contributed by atoms with Crippen LogP contribution in [0.25, 0.3) is 0 Å². The van der Waals surface area contributed by atoms with Crippen molar-refractivity contribution < 1.29 is 4.39 Å². The third kappa shape index (κ3) is 6.01. The molecule has 0 aliphatic heterocycles. The maximum Gasteiger partial charge on any atom is 0.191 e. The number of aliphatic imine (C=N–C) groups is 1. The first-order valence-electron chi connectivity index (χ1n) is 7.69. The van der Waals surface area contributed by atoms with Gasteiger partial charge in [0.1, 0.15) is 10.8 Å². The summed E-state index contributed by atoms with van der Waals surface area (Å²) in [6, 6.07) is 5.08. The lowest BCUT2D eigenvalue weighted by atomic mass is 10.1. The molecule has 4 nitrogen and oxygen atoms in total. The van der Waals surface area contributed by atoms with Crippen LogP contribution in [0.2, 0.25) is 0 Å². The van der Waals surface area contributed by atoms with Gasteiger partial charge in [-0.3, -0.25) is 0 Å². The number of nitrogens with zero attached hydrogens (tertiary/aromatic N) is 2. The van der Waals surface area contributed by atoms with Gasteiger partial charge in [0.2, 0.25) is 0 Å². The molecule has 2 aromatic rings. The fourth-order valence-electron chi connectivity index (χ4n) is 2.09. The number of benzene rings is 1. The normalized spacial score (nSPS) is 11.1. The van der Waals surface area contributed by atoms with Crippen molar-refractivity contribution in [2.24, 2.45) is 4.99 Å². The van der Waals surface area contributed by atoms with Gasteiger partial charge in [-0.05, 0) is 44.9 Å². The van der Waals surface area contributed by atoms with E-state index in [0.717, 1.165) is 28.8 Å². The summed E-state index contributed by atoms with van der Waals surface area (Å²) < 4.78 is 13.3. The largest absolute Gasteiger partial charge is 0.357 e. The molecule has 1 heterocycles. The Kier molecular flexibility index (Phi) is 8.61. The average molecular weight is 462 g/mol. The van der Waals surface area contributed by atoms with E-state index in [9.17, 15) is 4.39 Å². The van der Waals surface area contributed by atoms with Crippen LogP contribution in [0.5, 0.6) is 0 Å². The van der Waals surface area contributed by atoms with Gasteiger partial charge in [0.15, 0.2) is 5.96 Å². The van der Waals surface area contributed by atoms with Gasteiger partial charge in [-0.15, -0.1) is 35.3 Å². The van der Waals surface area contributed by atoms with Gasteiger partial charge in [-0.1, -0.05) is 12.1 Å². The van der Waals surface area contributed by atoms with Crippen molar-refractivity contribution >= 4 is 41.3 Å². The lowest BCUT2D eigenvalue weighted by Gasteiger charge is -2.10. The summed E-state index contributed by atoms with van der Waals surface area (Å²) >= 11 is 1.69.